The molecule has 174 valence electrons. The molecule has 1 unspecified atom stereocenters. The van der Waals surface area contributed by atoms with Gasteiger partial charge in [-0.2, -0.15) is 0 Å². The number of aryl methyl sites for hydroxylation is 1. The van der Waals surface area contributed by atoms with Crippen molar-refractivity contribution >= 4 is 66.3 Å². The molecule has 0 aliphatic heterocycles. The molecule has 1 aliphatic rings. The molecule has 6 nitrogen and oxygen atoms in total. The summed E-state index contributed by atoms with van der Waals surface area (Å²) in [5.74, 6) is 1.24. The van der Waals surface area contributed by atoms with E-state index >= 15 is 0 Å². The Morgan fingerprint density at radius 1 is 1.12 bits per heavy atom. The summed E-state index contributed by atoms with van der Waals surface area (Å²) in [4.78, 5) is 24.2. The van der Waals surface area contributed by atoms with Gasteiger partial charge in [-0.25, -0.2) is 9.97 Å². The Balaban J connectivity index is 1.29. The van der Waals surface area contributed by atoms with Crippen LogP contribution in [-0.4, -0.2) is 22.4 Å². The van der Waals surface area contributed by atoms with Gasteiger partial charge in [0.15, 0.2) is 0 Å². The summed E-state index contributed by atoms with van der Waals surface area (Å²) < 4.78 is 1.02. The number of hydrogen-bond acceptors (Lipinski definition) is 6. The fraction of sp³-hybridized carbons (Fsp3) is 0.269. The van der Waals surface area contributed by atoms with Crippen molar-refractivity contribution in [3.05, 3.63) is 69.8 Å². The highest BCUT2D eigenvalue weighted by Crippen LogP contribution is 2.41. The van der Waals surface area contributed by atoms with Gasteiger partial charge in [-0.15, -0.1) is 11.3 Å². The number of benzene rings is 2. The zero-order chi connectivity index (χ0) is 23.5. The van der Waals surface area contributed by atoms with Gasteiger partial charge < -0.3 is 16.0 Å². The summed E-state index contributed by atoms with van der Waals surface area (Å²) >= 11 is 5.26. The quantitative estimate of drug-likeness (QED) is 0.243. The Morgan fingerprint density at radius 2 is 1.94 bits per heavy atom. The van der Waals surface area contributed by atoms with E-state index in [1.807, 2.05) is 48.5 Å². The van der Waals surface area contributed by atoms with Gasteiger partial charge in [0.1, 0.15) is 17.0 Å². The van der Waals surface area contributed by atoms with E-state index in [1.165, 1.54) is 10.4 Å². The molecule has 0 saturated carbocycles. The first-order valence-electron chi connectivity index (χ1n) is 11.5. The second-order valence-corrected chi connectivity index (χ2v) is 10.5. The molecule has 2 aromatic carbocycles. The van der Waals surface area contributed by atoms with E-state index in [1.54, 1.807) is 17.7 Å². The van der Waals surface area contributed by atoms with Crippen molar-refractivity contribution in [3.8, 4) is 0 Å². The minimum absolute atomic E-state index is 0.0695. The Kier molecular flexibility index (Phi) is 6.78. The van der Waals surface area contributed by atoms with Gasteiger partial charge in [0.2, 0.25) is 5.91 Å². The topological polar surface area (TPSA) is 78.9 Å². The molecule has 0 fully saturated rings. The maximum Gasteiger partial charge on any atom is 0.224 e. The molecule has 0 radical (unpaired) electrons. The molecule has 1 amide bonds. The molecule has 1 aliphatic carbocycles. The third kappa shape index (κ3) is 5.08. The highest BCUT2D eigenvalue weighted by atomic mass is 79.9. The van der Waals surface area contributed by atoms with Crippen molar-refractivity contribution in [2.45, 2.75) is 32.6 Å². The van der Waals surface area contributed by atoms with Crippen molar-refractivity contribution in [2.24, 2.45) is 5.92 Å². The van der Waals surface area contributed by atoms with Crippen molar-refractivity contribution in [2.75, 3.05) is 22.5 Å². The smallest absolute Gasteiger partial charge is 0.224 e. The van der Waals surface area contributed by atoms with E-state index in [4.69, 9.17) is 0 Å². The van der Waals surface area contributed by atoms with Crippen LogP contribution in [0.15, 0.2) is 59.3 Å². The molecule has 34 heavy (non-hydrogen) atoms. The van der Waals surface area contributed by atoms with Gasteiger partial charge in [0.05, 0.1) is 5.39 Å². The van der Waals surface area contributed by atoms with Crippen molar-refractivity contribution in [1.82, 2.24) is 9.97 Å². The fourth-order valence-electron chi connectivity index (χ4n) is 4.54. The Bertz CT molecular complexity index is 1340. The molecular weight excluding hydrogens is 510 g/mol. The number of hydrogen-bond donors (Lipinski definition) is 3. The molecule has 3 N–H and O–H groups in total. The number of fused-ring (bicyclic) bond motifs is 3. The number of carbonyl (C=O) groups is 1. The largest absolute Gasteiger partial charge is 0.385 e. The second kappa shape index (κ2) is 10.1. The van der Waals surface area contributed by atoms with Crippen LogP contribution in [0.5, 0.6) is 0 Å². The molecule has 8 heteroatoms. The molecular formula is C26H26BrN5OS. The average Bonchev–Trinajstić information content (AvgIpc) is 3.18. The standard InChI is InChI=1S/C26H26BrN5OS/c1-2-28-18-6-4-8-20(14-18)31-23(33)12-16-9-10-21-22(11-16)34-26-24(21)25(29-15-30-26)32-19-7-3-5-17(27)13-19/h3-8,13-16,28H,2,9-12H2,1H3,(H,31,33)(H,29,30,32). The lowest BCUT2D eigenvalue weighted by molar-refractivity contribution is -0.117. The zero-order valence-electron chi connectivity index (χ0n) is 18.9. The van der Waals surface area contributed by atoms with E-state index in [-0.39, 0.29) is 5.91 Å². The predicted octanol–water partition coefficient (Wildman–Crippen LogP) is 6.76. The van der Waals surface area contributed by atoms with E-state index < -0.39 is 0 Å². The molecule has 1 atom stereocenters. The van der Waals surface area contributed by atoms with Crippen LogP contribution >= 0.6 is 27.3 Å². The number of aromatic nitrogens is 2. The van der Waals surface area contributed by atoms with E-state index in [9.17, 15) is 4.79 Å². The van der Waals surface area contributed by atoms with Crippen LogP contribution in [0.4, 0.5) is 22.9 Å². The highest BCUT2D eigenvalue weighted by molar-refractivity contribution is 9.10. The normalized spacial score (nSPS) is 15.1. The van der Waals surface area contributed by atoms with Gasteiger partial charge in [-0.05, 0) is 74.1 Å². The van der Waals surface area contributed by atoms with Gasteiger partial charge in [-0.3, -0.25) is 4.79 Å². The lowest BCUT2D eigenvalue weighted by atomic mass is 9.85. The van der Waals surface area contributed by atoms with Crippen molar-refractivity contribution in [3.63, 3.8) is 0 Å². The molecule has 0 spiro atoms. The SMILES string of the molecule is CCNc1cccc(NC(=O)CC2CCc3c(sc4ncnc(Nc5cccc(Br)c5)c34)C2)c1. The number of carbonyl (C=O) groups excluding carboxylic acids is 1. The Labute approximate surface area is 211 Å². The first-order chi connectivity index (χ1) is 16.6. The second-order valence-electron chi connectivity index (χ2n) is 8.51. The third-order valence-electron chi connectivity index (χ3n) is 6.04. The van der Waals surface area contributed by atoms with E-state index in [0.29, 0.717) is 12.3 Å². The predicted molar refractivity (Wildman–Crippen MR) is 144 cm³/mol. The van der Waals surface area contributed by atoms with Crippen LogP contribution in [0.1, 0.15) is 30.2 Å². The average molecular weight is 536 g/mol. The number of rotatable bonds is 7. The maximum absolute atomic E-state index is 12.8. The minimum Gasteiger partial charge on any atom is -0.385 e. The molecule has 0 bridgehead atoms. The first kappa shape index (κ1) is 22.8. The van der Waals surface area contributed by atoms with Crippen molar-refractivity contribution in [1.29, 1.82) is 0 Å². The molecule has 4 aromatic rings. The van der Waals surface area contributed by atoms with Gasteiger partial charge in [0, 0.05) is 39.4 Å². The summed E-state index contributed by atoms with van der Waals surface area (Å²) in [5.41, 5.74) is 4.16. The lowest BCUT2D eigenvalue weighted by Gasteiger charge is -2.22. The highest BCUT2D eigenvalue weighted by Gasteiger charge is 2.26. The molecule has 0 saturated heterocycles. The monoisotopic (exact) mass is 535 g/mol. The molecule has 2 heterocycles. The molecule has 5 rings (SSSR count). The van der Waals surface area contributed by atoms with Crippen LogP contribution < -0.4 is 16.0 Å². The van der Waals surface area contributed by atoms with Crippen molar-refractivity contribution < 1.29 is 4.79 Å². The van der Waals surface area contributed by atoms with Crippen LogP contribution in [-0.2, 0) is 17.6 Å². The number of thiophene rings is 1. The van der Waals surface area contributed by atoms with Crippen LogP contribution in [0.2, 0.25) is 0 Å². The summed E-state index contributed by atoms with van der Waals surface area (Å²) in [6, 6.07) is 15.9. The van der Waals surface area contributed by atoms with Gasteiger partial charge in [0.25, 0.3) is 0 Å². The Hall–Kier alpha value is -2.97. The van der Waals surface area contributed by atoms with Gasteiger partial charge >= 0.3 is 0 Å². The number of nitrogens with one attached hydrogen (secondary N) is 3. The lowest BCUT2D eigenvalue weighted by Crippen LogP contribution is -2.21. The first-order valence-corrected chi connectivity index (χ1v) is 13.1. The van der Waals surface area contributed by atoms with Crippen LogP contribution in [0.25, 0.3) is 10.2 Å². The Morgan fingerprint density at radius 3 is 2.79 bits per heavy atom. The summed E-state index contributed by atoms with van der Waals surface area (Å²) in [5, 5.41) is 10.9. The summed E-state index contributed by atoms with van der Waals surface area (Å²) in [6.07, 6.45) is 4.96. The van der Waals surface area contributed by atoms with E-state index in [2.05, 4.69) is 48.8 Å². The number of nitrogens with zero attached hydrogens (tertiary/aromatic N) is 2. The minimum atomic E-state index is 0.0695. The van der Waals surface area contributed by atoms with Crippen LogP contribution in [0.3, 0.4) is 0 Å². The third-order valence-corrected chi connectivity index (χ3v) is 7.69. The maximum atomic E-state index is 12.8. The summed E-state index contributed by atoms with van der Waals surface area (Å²) in [6.45, 7) is 2.91. The van der Waals surface area contributed by atoms with Gasteiger partial charge in [-0.1, -0.05) is 28.1 Å². The fourth-order valence-corrected chi connectivity index (χ4v) is 6.24. The van der Waals surface area contributed by atoms with E-state index in [0.717, 1.165) is 63.4 Å². The number of amides is 1. The van der Waals surface area contributed by atoms with Crippen LogP contribution in [0, 0.1) is 5.92 Å². The number of anilines is 4. The zero-order valence-corrected chi connectivity index (χ0v) is 21.3. The molecule has 2 aromatic heterocycles. The number of halogens is 1. The summed E-state index contributed by atoms with van der Waals surface area (Å²) in [7, 11) is 0.